The number of nitrogens with zero attached hydrogens (tertiary/aromatic N) is 2. The van der Waals surface area contributed by atoms with Gasteiger partial charge in [-0.05, 0) is 25.7 Å². The van der Waals surface area contributed by atoms with E-state index in [1.165, 1.54) is 32.1 Å². The minimum atomic E-state index is 0.0371. The molecule has 1 saturated heterocycles. The molecule has 1 aliphatic heterocycles. The Morgan fingerprint density at radius 1 is 1.22 bits per heavy atom. The SMILES string of the molecule is O=Cc1cn(C2CCCCC2)nc1C1CCCO1. The van der Waals surface area contributed by atoms with E-state index in [9.17, 15) is 4.79 Å². The highest BCUT2D eigenvalue weighted by Gasteiger charge is 2.26. The molecule has 0 aromatic carbocycles. The van der Waals surface area contributed by atoms with Crippen molar-refractivity contribution in [3.8, 4) is 0 Å². The summed E-state index contributed by atoms with van der Waals surface area (Å²) in [6, 6.07) is 0.479. The molecule has 1 aromatic heterocycles. The molecule has 3 rings (SSSR count). The van der Waals surface area contributed by atoms with Crippen molar-refractivity contribution in [1.29, 1.82) is 0 Å². The van der Waals surface area contributed by atoms with Gasteiger partial charge in [0.15, 0.2) is 6.29 Å². The van der Waals surface area contributed by atoms with Crippen LogP contribution in [0.4, 0.5) is 0 Å². The Morgan fingerprint density at radius 2 is 2.06 bits per heavy atom. The zero-order valence-corrected chi connectivity index (χ0v) is 10.7. The topological polar surface area (TPSA) is 44.1 Å². The Labute approximate surface area is 107 Å². The van der Waals surface area contributed by atoms with Gasteiger partial charge in [-0.1, -0.05) is 19.3 Å². The molecule has 2 fully saturated rings. The van der Waals surface area contributed by atoms with Gasteiger partial charge in [-0.25, -0.2) is 0 Å². The van der Waals surface area contributed by atoms with E-state index in [1.807, 2.05) is 10.9 Å². The number of carbonyl (C=O) groups is 1. The molecule has 0 amide bonds. The third kappa shape index (κ3) is 2.21. The Kier molecular flexibility index (Phi) is 3.46. The molecule has 0 bridgehead atoms. The highest BCUT2D eigenvalue weighted by molar-refractivity contribution is 5.76. The third-order valence-electron chi connectivity index (χ3n) is 4.10. The van der Waals surface area contributed by atoms with Crippen LogP contribution in [0.2, 0.25) is 0 Å². The van der Waals surface area contributed by atoms with Crippen molar-refractivity contribution >= 4 is 6.29 Å². The zero-order valence-electron chi connectivity index (χ0n) is 10.7. The number of hydrogen-bond acceptors (Lipinski definition) is 3. The fourth-order valence-electron chi connectivity index (χ4n) is 3.09. The molecule has 1 unspecified atom stereocenters. The molecule has 1 aromatic rings. The molecule has 18 heavy (non-hydrogen) atoms. The molecule has 0 N–H and O–H groups in total. The van der Waals surface area contributed by atoms with Crippen LogP contribution in [0.25, 0.3) is 0 Å². The molecular formula is C14H20N2O2. The van der Waals surface area contributed by atoms with E-state index in [2.05, 4.69) is 5.10 Å². The zero-order chi connectivity index (χ0) is 12.4. The fraction of sp³-hybridized carbons (Fsp3) is 0.714. The van der Waals surface area contributed by atoms with Crippen LogP contribution < -0.4 is 0 Å². The standard InChI is InChI=1S/C14H20N2O2/c17-10-11-9-16(12-5-2-1-3-6-12)15-14(11)13-7-4-8-18-13/h9-10,12-13H,1-8H2. The maximum Gasteiger partial charge on any atom is 0.153 e. The molecule has 0 spiro atoms. The maximum atomic E-state index is 11.2. The van der Waals surface area contributed by atoms with E-state index < -0.39 is 0 Å². The van der Waals surface area contributed by atoms with Crippen LogP contribution in [0.15, 0.2) is 6.20 Å². The van der Waals surface area contributed by atoms with E-state index in [-0.39, 0.29) is 6.10 Å². The van der Waals surface area contributed by atoms with E-state index in [0.29, 0.717) is 11.6 Å². The van der Waals surface area contributed by atoms with Gasteiger partial charge in [0.25, 0.3) is 0 Å². The van der Waals surface area contributed by atoms with Crippen LogP contribution in [0.5, 0.6) is 0 Å². The number of aldehydes is 1. The average Bonchev–Trinajstić information content (AvgIpc) is 3.08. The highest BCUT2D eigenvalue weighted by atomic mass is 16.5. The van der Waals surface area contributed by atoms with Gasteiger partial charge < -0.3 is 4.74 Å². The Morgan fingerprint density at radius 3 is 2.72 bits per heavy atom. The van der Waals surface area contributed by atoms with Crippen molar-refractivity contribution in [1.82, 2.24) is 9.78 Å². The minimum absolute atomic E-state index is 0.0371. The molecule has 4 nitrogen and oxygen atoms in total. The summed E-state index contributed by atoms with van der Waals surface area (Å²) >= 11 is 0. The second-order valence-electron chi connectivity index (χ2n) is 5.36. The van der Waals surface area contributed by atoms with Crippen molar-refractivity contribution in [2.24, 2.45) is 0 Å². The molecule has 1 saturated carbocycles. The first-order valence-electron chi connectivity index (χ1n) is 7.04. The lowest BCUT2D eigenvalue weighted by atomic mass is 9.96. The van der Waals surface area contributed by atoms with Gasteiger partial charge in [0.05, 0.1) is 11.6 Å². The second kappa shape index (κ2) is 5.22. The second-order valence-corrected chi connectivity index (χ2v) is 5.36. The van der Waals surface area contributed by atoms with Gasteiger partial charge in [0, 0.05) is 12.8 Å². The van der Waals surface area contributed by atoms with Crippen molar-refractivity contribution in [2.45, 2.75) is 57.1 Å². The molecule has 2 aliphatic rings. The van der Waals surface area contributed by atoms with Gasteiger partial charge in [0.1, 0.15) is 11.8 Å². The predicted octanol–water partition coefficient (Wildman–Crippen LogP) is 3.05. The van der Waals surface area contributed by atoms with Gasteiger partial charge in [-0.3, -0.25) is 9.48 Å². The first kappa shape index (κ1) is 11.9. The van der Waals surface area contributed by atoms with Gasteiger partial charge >= 0.3 is 0 Å². The summed E-state index contributed by atoms with van der Waals surface area (Å²) in [6.45, 7) is 0.791. The van der Waals surface area contributed by atoms with Crippen LogP contribution >= 0.6 is 0 Å². The first-order chi connectivity index (χ1) is 8.88. The lowest BCUT2D eigenvalue weighted by Gasteiger charge is -2.21. The summed E-state index contributed by atoms with van der Waals surface area (Å²) in [7, 11) is 0. The summed E-state index contributed by atoms with van der Waals surface area (Å²) < 4.78 is 7.66. The van der Waals surface area contributed by atoms with Gasteiger partial charge in [-0.2, -0.15) is 5.10 Å². The Hall–Kier alpha value is -1.16. The van der Waals surface area contributed by atoms with Crippen LogP contribution in [0, 0.1) is 0 Å². The van der Waals surface area contributed by atoms with Crippen molar-refractivity contribution in [3.63, 3.8) is 0 Å². The van der Waals surface area contributed by atoms with E-state index in [0.717, 1.165) is 31.4 Å². The molecule has 0 radical (unpaired) electrons. The largest absolute Gasteiger partial charge is 0.372 e. The number of ether oxygens (including phenoxy) is 1. The summed E-state index contributed by atoms with van der Waals surface area (Å²) in [5, 5.41) is 4.65. The fourth-order valence-corrected chi connectivity index (χ4v) is 3.09. The van der Waals surface area contributed by atoms with Crippen molar-refractivity contribution in [2.75, 3.05) is 6.61 Å². The molecule has 1 atom stereocenters. The third-order valence-corrected chi connectivity index (χ3v) is 4.10. The summed E-state index contributed by atoms with van der Waals surface area (Å²) in [5.41, 5.74) is 1.57. The van der Waals surface area contributed by atoms with E-state index in [1.54, 1.807) is 0 Å². The molecular weight excluding hydrogens is 228 g/mol. The maximum absolute atomic E-state index is 11.2. The number of aromatic nitrogens is 2. The van der Waals surface area contributed by atoms with Crippen LogP contribution in [0.3, 0.4) is 0 Å². The minimum Gasteiger partial charge on any atom is -0.372 e. The smallest absolute Gasteiger partial charge is 0.153 e. The lowest BCUT2D eigenvalue weighted by Crippen LogP contribution is -2.13. The lowest BCUT2D eigenvalue weighted by molar-refractivity contribution is 0.103. The highest BCUT2D eigenvalue weighted by Crippen LogP contribution is 2.32. The Bertz CT molecular complexity index is 415. The van der Waals surface area contributed by atoms with E-state index >= 15 is 0 Å². The quantitative estimate of drug-likeness (QED) is 0.772. The molecule has 98 valence electrons. The van der Waals surface area contributed by atoms with E-state index in [4.69, 9.17) is 4.74 Å². The van der Waals surface area contributed by atoms with Crippen molar-refractivity contribution in [3.05, 3.63) is 17.5 Å². The summed E-state index contributed by atoms with van der Waals surface area (Å²) in [4.78, 5) is 11.2. The monoisotopic (exact) mass is 248 g/mol. The normalized spacial score (nSPS) is 25.4. The number of carbonyl (C=O) groups excluding carboxylic acids is 1. The molecule has 2 heterocycles. The molecule has 1 aliphatic carbocycles. The summed E-state index contributed by atoms with van der Waals surface area (Å²) in [5.74, 6) is 0. The molecule has 4 heteroatoms. The van der Waals surface area contributed by atoms with Gasteiger partial charge in [-0.15, -0.1) is 0 Å². The predicted molar refractivity (Wildman–Crippen MR) is 67.7 cm³/mol. The Balaban J connectivity index is 1.84. The average molecular weight is 248 g/mol. The van der Waals surface area contributed by atoms with Crippen LogP contribution in [0.1, 0.15) is 73.1 Å². The number of rotatable bonds is 3. The first-order valence-corrected chi connectivity index (χ1v) is 7.04. The number of hydrogen-bond donors (Lipinski definition) is 0. The summed E-state index contributed by atoms with van der Waals surface area (Å²) in [6.07, 6.45) is 11.2. The van der Waals surface area contributed by atoms with Gasteiger partial charge in [0.2, 0.25) is 0 Å². The van der Waals surface area contributed by atoms with Crippen molar-refractivity contribution < 1.29 is 9.53 Å². The van der Waals surface area contributed by atoms with Crippen LogP contribution in [-0.2, 0) is 4.74 Å². The van der Waals surface area contributed by atoms with Crippen LogP contribution in [-0.4, -0.2) is 22.7 Å².